The summed E-state index contributed by atoms with van der Waals surface area (Å²) in [4.78, 5) is 12.7. The fourth-order valence-corrected chi connectivity index (χ4v) is 4.53. The van der Waals surface area contributed by atoms with Crippen molar-refractivity contribution in [1.82, 2.24) is 5.32 Å². The number of carbonyl (C=O) groups excluding carboxylic acids is 1. The van der Waals surface area contributed by atoms with Crippen molar-refractivity contribution < 1.29 is 17.9 Å². The number of methoxy groups -OCH3 is 1. The Morgan fingerprint density at radius 2 is 1.61 bits per heavy atom. The Kier molecular flexibility index (Phi) is 7.55. The third-order valence-electron chi connectivity index (χ3n) is 4.63. The largest absolute Gasteiger partial charge is 0.497 e. The Balaban J connectivity index is 1.75. The molecule has 0 saturated heterocycles. The zero-order valence-corrected chi connectivity index (χ0v) is 18.6. The molecule has 0 saturated carbocycles. The highest BCUT2D eigenvalue weighted by molar-refractivity contribution is 7.92. The average molecular weight is 459 g/mol. The Bertz CT molecular complexity index is 1100. The summed E-state index contributed by atoms with van der Waals surface area (Å²) in [6.45, 7) is 0.0342. The van der Waals surface area contributed by atoms with Gasteiger partial charge in [0, 0.05) is 11.6 Å². The Hall–Kier alpha value is -3.03. The van der Waals surface area contributed by atoms with Gasteiger partial charge in [-0.3, -0.25) is 9.10 Å². The second-order valence-corrected chi connectivity index (χ2v) is 9.05. The van der Waals surface area contributed by atoms with E-state index in [0.29, 0.717) is 29.4 Å². The predicted octanol–water partition coefficient (Wildman–Crippen LogP) is 3.90. The zero-order valence-electron chi connectivity index (χ0n) is 17.0. The van der Waals surface area contributed by atoms with Crippen molar-refractivity contribution in [2.75, 3.05) is 24.5 Å². The van der Waals surface area contributed by atoms with Crippen molar-refractivity contribution >= 4 is 33.2 Å². The lowest BCUT2D eigenvalue weighted by molar-refractivity contribution is -0.119. The molecule has 0 fully saturated rings. The van der Waals surface area contributed by atoms with E-state index in [1.807, 2.05) is 12.1 Å². The number of benzene rings is 3. The van der Waals surface area contributed by atoms with Gasteiger partial charge in [0.15, 0.2) is 0 Å². The van der Waals surface area contributed by atoms with E-state index in [1.165, 1.54) is 19.2 Å². The van der Waals surface area contributed by atoms with Gasteiger partial charge in [-0.1, -0.05) is 41.9 Å². The number of amides is 1. The Morgan fingerprint density at radius 3 is 2.23 bits per heavy atom. The van der Waals surface area contributed by atoms with Crippen LogP contribution in [0.5, 0.6) is 5.75 Å². The quantitative estimate of drug-likeness (QED) is 0.527. The Morgan fingerprint density at radius 1 is 0.968 bits per heavy atom. The van der Waals surface area contributed by atoms with Gasteiger partial charge >= 0.3 is 0 Å². The predicted molar refractivity (Wildman–Crippen MR) is 122 cm³/mol. The minimum Gasteiger partial charge on any atom is -0.497 e. The highest BCUT2D eigenvalue weighted by atomic mass is 35.5. The van der Waals surface area contributed by atoms with Crippen molar-refractivity contribution in [3.63, 3.8) is 0 Å². The van der Waals surface area contributed by atoms with Crippen LogP contribution in [0.1, 0.15) is 5.56 Å². The number of rotatable bonds is 9. The van der Waals surface area contributed by atoms with Gasteiger partial charge < -0.3 is 10.1 Å². The van der Waals surface area contributed by atoms with Crippen molar-refractivity contribution in [1.29, 1.82) is 0 Å². The molecule has 0 spiro atoms. The van der Waals surface area contributed by atoms with Crippen molar-refractivity contribution in [2.45, 2.75) is 11.3 Å². The lowest BCUT2D eigenvalue weighted by Gasteiger charge is -2.24. The van der Waals surface area contributed by atoms with Crippen LogP contribution >= 0.6 is 11.6 Å². The molecule has 31 heavy (non-hydrogen) atoms. The van der Waals surface area contributed by atoms with Gasteiger partial charge in [-0.15, -0.1) is 0 Å². The first kappa shape index (κ1) is 22.7. The van der Waals surface area contributed by atoms with Crippen LogP contribution in [0.2, 0.25) is 5.02 Å². The number of hydrogen-bond donors (Lipinski definition) is 1. The standard InChI is InChI=1S/C23H23ClN2O4S/c1-30-21-13-11-20(12-14-21)26(31(28,29)22-5-3-2-4-6-22)17-23(27)25-16-15-18-7-9-19(24)10-8-18/h2-14H,15-17H2,1H3,(H,25,27). The molecule has 6 nitrogen and oxygen atoms in total. The molecule has 3 aromatic carbocycles. The number of carbonyl (C=O) groups is 1. The molecular weight excluding hydrogens is 436 g/mol. The Labute approximate surface area is 187 Å². The molecule has 0 heterocycles. The van der Waals surface area contributed by atoms with Gasteiger partial charge in [0.25, 0.3) is 10.0 Å². The topological polar surface area (TPSA) is 75.7 Å². The summed E-state index contributed by atoms with van der Waals surface area (Å²) >= 11 is 5.88. The van der Waals surface area contributed by atoms with Crippen LogP contribution in [0.3, 0.4) is 0 Å². The summed E-state index contributed by atoms with van der Waals surface area (Å²) in [5.74, 6) is 0.192. The molecule has 0 unspecified atom stereocenters. The maximum atomic E-state index is 13.3. The van der Waals surface area contributed by atoms with E-state index in [9.17, 15) is 13.2 Å². The molecule has 0 aliphatic heterocycles. The van der Waals surface area contributed by atoms with E-state index in [0.717, 1.165) is 9.87 Å². The van der Waals surface area contributed by atoms with Crippen LogP contribution in [0.4, 0.5) is 5.69 Å². The number of sulfonamides is 1. The van der Waals surface area contributed by atoms with E-state index >= 15 is 0 Å². The monoisotopic (exact) mass is 458 g/mol. The number of halogens is 1. The van der Waals surface area contributed by atoms with Gasteiger partial charge in [0.05, 0.1) is 17.7 Å². The van der Waals surface area contributed by atoms with Gasteiger partial charge in [-0.2, -0.15) is 0 Å². The van der Waals surface area contributed by atoms with Crippen molar-refractivity contribution in [3.8, 4) is 5.75 Å². The summed E-state index contributed by atoms with van der Waals surface area (Å²) in [6, 6.07) is 21.9. The van der Waals surface area contributed by atoms with Gasteiger partial charge in [0.2, 0.25) is 5.91 Å². The minimum absolute atomic E-state index is 0.111. The molecule has 3 rings (SSSR count). The minimum atomic E-state index is -3.93. The van der Waals surface area contributed by atoms with Gasteiger partial charge in [-0.05, 0) is 60.5 Å². The van der Waals surface area contributed by atoms with Crippen LogP contribution in [0, 0.1) is 0 Å². The fraction of sp³-hybridized carbons (Fsp3) is 0.174. The molecule has 8 heteroatoms. The number of nitrogens with one attached hydrogen (secondary N) is 1. The van der Waals surface area contributed by atoms with E-state index < -0.39 is 15.9 Å². The smallest absolute Gasteiger partial charge is 0.264 e. The first-order chi connectivity index (χ1) is 14.9. The number of anilines is 1. The lowest BCUT2D eigenvalue weighted by Crippen LogP contribution is -2.41. The molecule has 0 atom stereocenters. The average Bonchev–Trinajstić information content (AvgIpc) is 2.79. The molecule has 1 N–H and O–H groups in total. The third kappa shape index (κ3) is 5.99. The van der Waals surface area contributed by atoms with Crippen molar-refractivity contribution in [2.24, 2.45) is 0 Å². The normalized spacial score (nSPS) is 11.0. The number of hydrogen-bond acceptors (Lipinski definition) is 4. The number of nitrogens with zero attached hydrogens (tertiary/aromatic N) is 1. The first-order valence-electron chi connectivity index (χ1n) is 9.63. The van der Waals surface area contributed by atoms with E-state index in [4.69, 9.17) is 16.3 Å². The second kappa shape index (κ2) is 10.3. The molecule has 0 aromatic heterocycles. The molecule has 3 aromatic rings. The summed E-state index contributed by atoms with van der Waals surface area (Å²) < 4.78 is 32.7. The highest BCUT2D eigenvalue weighted by Crippen LogP contribution is 2.25. The van der Waals surface area contributed by atoms with E-state index in [2.05, 4.69) is 5.32 Å². The van der Waals surface area contributed by atoms with Crippen LogP contribution in [-0.4, -0.2) is 34.5 Å². The molecule has 0 bridgehead atoms. The first-order valence-corrected chi connectivity index (χ1v) is 11.4. The van der Waals surface area contributed by atoms with Crippen LogP contribution in [0.25, 0.3) is 0 Å². The van der Waals surface area contributed by atoms with Crippen molar-refractivity contribution in [3.05, 3.63) is 89.4 Å². The molecular formula is C23H23ClN2O4S. The SMILES string of the molecule is COc1ccc(N(CC(=O)NCCc2ccc(Cl)cc2)S(=O)(=O)c2ccccc2)cc1. The van der Waals surface area contributed by atoms with Crippen LogP contribution in [0.15, 0.2) is 83.8 Å². The molecule has 0 aliphatic rings. The molecule has 1 amide bonds. The van der Waals surface area contributed by atoms with Gasteiger partial charge in [0.1, 0.15) is 12.3 Å². The maximum absolute atomic E-state index is 13.3. The third-order valence-corrected chi connectivity index (χ3v) is 6.67. The summed E-state index contributed by atoms with van der Waals surface area (Å²) in [5.41, 5.74) is 1.39. The van der Waals surface area contributed by atoms with Crippen LogP contribution < -0.4 is 14.4 Å². The summed E-state index contributed by atoms with van der Waals surface area (Å²) in [6.07, 6.45) is 0.608. The lowest BCUT2D eigenvalue weighted by atomic mass is 10.1. The van der Waals surface area contributed by atoms with E-state index in [-0.39, 0.29) is 11.4 Å². The molecule has 0 radical (unpaired) electrons. The fourth-order valence-electron chi connectivity index (χ4n) is 2.97. The molecule has 0 aliphatic carbocycles. The van der Waals surface area contributed by atoms with Crippen LogP contribution in [-0.2, 0) is 21.2 Å². The van der Waals surface area contributed by atoms with Gasteiger partial charge in [-0.25, -0.2) is 8.42 Å². The summed E-state index contributed by atoms with van der Waals surface area (Å²) in [7, 11) is -2.40. The molecule has 162 valence electrons. The maximum Gasteiger partial charge on any atom is 0.264 e. The highest BCUT2D eigenvalue weighted by Gasteiger charge is 2.27. The second-order valence-electron chi connectivity index (χ2n) is 6.75. The summed E-state index contributed by atoms with van der Waals surface area (Å²) in [5, 5.41) is 3.44. The van der Waals surface area contributed by atoms with E-state index in [1.54, 1.807) is 54.6 Å². The zero-order chi connectivity index (χ0) is 22.3. The number of ether oxygens (including phenoxy) is 1.